The average molecular weight is 240 g/mol. The number of nitrogens with one attached hydrogen (secondary N) is 1. The van der Waals surface area contributed by atoms with E-state index in [0.29, 0.717) is 26.1 Å². The largest absolute Gasteiger partial charge is 0.381 e. The summed E-state index contributed by atoms with van der Waals surface area (Å²) in [5.41, 5.74) is -0.547. The molecule has 4 amide bonds. The van der Waals surface area contributed by atoms with Crippen LogP contribution in [0.3, 0.4) is 0 Å². The van der Waals surface area contributed by atoms with Crippen molar-refractivity contribution in [3.05, 3.63) is 0 Å². The summed E-state index contributed by atoms with van der Waals surface area (Å²) in [6.07, 6.45) is 1.21. The Balaban J connectivity index is 2.26. The van der Waals surface area contributed by atoms with Crippen LogP contribution in [-0.4, -0.2) is 41.5 Å². The molecule has 0 aromatic rings. The van der Waals surface area contributed by atoms with E-state index in [0.717, 1.165) is 0 Å². The van der Waals surface area contributed by atoms with Crippen LogP contribution < -0.4 is 5.32 Å². The molecule has 1 unspecified atom stereocenters. The van der Waals surface area contributed by atoms with Crippen molar-refractivity contribution < 1.29 is 19.1 Å². The smallest absolute Gasteiger partial charge is 0.331 e. The van der Waals surface area contributed by atoms with Crippen molar-refractivity contribution in [2.75, 3.05) is 13.2 Å². The third kappa shape index (κ3) is 1.93. The molecule has 2 aliphatic rings. The zero-order chi connectivity index (χ0) is 12.6. The monoisotopic (exact) mass is 240 g/mol. The summed E-state index contributed by atoms with van der Waals surface area (Å²) in [5, 5.41) is 2.22. The molecule has 1 atom stereocenters. The number of imide groups is 2. The van der Waals surface area contributed by atoms with Crippen LogP contribution in [0.2, 0.25) is 0 Å². The molecule has 2 fully saturated rings. The fourth-order valence-electron chi connectivity index (χ4n) is 2.22. The van der Waals surface area contributed by atoms with Gasteiger partial charge in [-0.3, -0.25) is 19.8 Å². The molecule has 1 N–H and O–H groups in total. The molecule has 6 nitrogen and oxygen atoms in total. The Morgan fingerprint density at radius 3 is 2.47 bits per heavy atom. The Kier molecular flexibility index (Phi) is 2.91. The van der Waals surface area contributed by atoms with Gasteiger partial charge in [-0.05, 0) is 26.7 Å². The molecule has 2 heterocycles. The van der Waals surface area contributed by atoms with Crippen molar-refractivity contribution in [1.82, 2.24) is 10.2 Å². The van der Waals surface area contributed by atoms with Gasteiger partial charge in [0.05, 0.1) is 5.54 Å². The van der Waals surface area contributed by atoms with Gasteiger partial charge in [0.1, 0.15) is 5.92 Å². The first kappa shape index (κ1) is 12.0. The molecule has 0 bridgehead atoms. The lowest BCUT2D eigenvalue weighted by molar-refractivity contribution is -0.147. The van der Waals surface area contributed by atoms with Crippen LogP contribution in [0.15, 0.2) is 0 Å². The molecule has 17 heavy (non-hydrogen) atoms. The quantitative estimate of drug-likeness (QED) is 0.667. The van der Waals surface area contributed by atoms with Crippen molar-refractivity contribution in [2.45, 2.75) is 32.2 Å². The van der Waals surface area contributed by atoms with Crippen LogP contribution in [-0.2, 0) is 14.3 Å². The van der Waals surface area contributed by atoms with Gasteiger partial charge < -0.3 is 4.74 Å². The minimum atomic E-state index is -0.799. The van der Waals surface area contributed by atoms with E-state index in [4.69, 9.17) is 4.74 Å². The minimum Gasteiger partial charge on any atom is -0.381 e. The van der Waals surface area contributed by atoms with Crippen LogP contribution >= 0.6 is 0 Å². The predicted octanol–water partition coefficient (Wildman–Crippen LogP) is 0.270. The van der Waals surface area contributed by atoms with E-state index < -0.39 is 29.3 Å². The lowest BCUT2D eigenvalue weighted by Crippen LogP contribution is -2.65. The summed E-state index contributed by atoms with van der Waals surface area (Å²) in [6, 6.07) is -0.609. The lowest BCUT2D eigenvalue weighted by atomic mass is 9.88. The fraction of sp³-hybridized carbons (Fsp3) is 0.727. The molecular formula is C11H16N2O4. The number of hydrogen-bond acceptors (Lipinski definition) is 4. The summed E-state index contributed by atoms with van der Waals surface area (Å²) in [5.74, 6) is -1.73. The van der Waals surface area contributed by atoms with E-state index in [9.17, 15) is 14.4 Å². The van der Waals surface area contributed by atoms with E-state index in [1.54, 1.807) is 0 Å². The normalized spacial score (nSPS) is 29.2. The van der Waals surface area contributed by atoms with Crippen molar-refractivity contribution in [1.29, 1.82) is 0 Å². The zero-order valence-electron chi connectivity index (χ0n) is 9.99. The van der Waals surface area contributed by atoms with Gasteiger partial charge in [0, 0.05) is 13.2 Å². The third-order valence-electron chi connectivity index (χ3n) is 3.53. The highest BCUT2D eigenvalue weighted by molar-refractivity contribution is 6.16. The van der Waals surface area contributed by atoms with Crippen LogP contribution in [0.1, 0.15) is 26.7 Å². The highest BCUT2D eigenvalue weighted by Crippen LogP contribution is 2.30. The summed E-state index contributed by atoms with van der Waals surface area (Å²) in [4.78, 5) is 36.4. The summed E-state index contributed by atoms with van der Waals surface area (Å²) >= 11 is 0. The first-order valence-corrected chi connectivity index (χ1v) is 5.72. The maximum absolute atomic E-state index is 12.1. The van der Waals surface area contributed by atoms with Crippen molar-refractivity contribution in [2.24, 2.45) is 5.92 Å². The van der Waals surface area contributed by atoms with Crippen LogP contribution in [0, 0.1) is 5.92 Å². The van der Waals surface area contributed by atoms with Crippen molar-refractivity contribution in [3.8, 4) is 0 Å². The Labute approximate surface area is 99.3 Å². The second-order valence-electron chi connectivity index (χ2n) is 4.80. The van der Waals surface area contributed by atoms with Gasteiger partial charge in [-0.2, -0.15) is 0 Å². The number of barbiturate groups is 1. The van der Waals surface area contributed by atoms with E-state index in [-0.39, 0.29) is 0 Å². The van der Waals surface area contributed by atoms with Gasteiger partial charge in [-0.15, -0.1) is 0 Å². The predicted molar refractivity (Wildman–Crippen MR) is 58.0 cm³/mol. The summed E-state index contributed by atoms with van der Waals surface area (Å²) < 4.78 is 5.24. The molecule has 2 aliphatic heterocycles. The Bertz CT molecular complexity index is 374. The van der Waals surface area contributed by atoms with Gasteiger partial charge >= 0.3 is 6.03 Å². The molecule has 0 aromatic heterocycles. The number of urea groups is 1. The highest BCUT2D eigenvalue weighted by Gasteiger charge is 2.47. The Morgan fingerprint density at radius 2 is 1.88 bits per heavy atom. The molecule has 0 saturated carbocycles. The number of hydrogen-bond donors (Lipinski definition) is 1. The lowest BCUT2D eigenvalue weighted by Gasteiger charge is -2.44. The Hall–Kier alpha value is -1.43. The van der Waals surface area contributed by atoms with Crippen molar-refractivity contribution >= 4 is 17.8 Å². The van der Waals surface area contributed by atoms with Gasteiger partial charge in [0.2, 0.25) is 11.8 Å². The fourth-order valence-corrected chi connectivity index (χ4v) is 2.22. The molecular weight excluding hydrogens is 224 g/mol. The highest BCUT2D eigenvalue weighted by atomic mass is 16.5. The standard InChI is InChI=1S/C11H16N2O4/c1-7-8(14)12-10(16)13(9(7)15)11(2)3-5-17-6-4-11/h7H,3-6H2,1-2H3,(H,12,14,16). The second-order valence-corrected chi connectivity index (χ2v) is 4.80. The van der Waals surface area contributed by atoms with Crippen LogP contribution in [0.5, 0.6) is 0 Å². The van der Waals surface area contributed by atoms with Gasteiger partial charge in [0.15, 0.2) is 0 Å². The topological polar surface area (TPSA) is 75.7 Å². The molecule has 0 aromatic carbocycles. The van der Waals surface area contributed by atoms with E-state index in [1.807, 2.05) is 6.92 Å². The molecule has 0 aliphatic carbocycles. The molecule has 2 rings (SSSR count). The van der Waals surface area contributed by atoms with Crippen LogP contribution in [0.4, 0.5) is 4.79 Å². The van der Waals surface area contributed by atoms with E-state index in [1.165, 1.54) is 11.8 Å². The molecule has 94 valence electrons. The number of ether oxygens (including phenoxy) is 1. The zero-order valence-corrected chi connectivity index (χ0v) is 9.99. The maximum atomic E-state index is 12.1. The number of nitrogens with zero attached hydrogens (tertiary/aromatic N) is 1. The minimum absolute atomic E-state index is 0.414. The average Bonchev–Trinajstić information content (AvgIpc) is 2.26. The van der Waals surface area contributed by atoms with Gasteiger partial charge in [-0.1, -0.05) is 0 Å². The van der Waals surface area contributed by atoms with Crippen LogP contribution in [0.25, 0.3) is 0 Å². The first-order chi connectivity index (χ1) is 7.96. The number of rotatable bonds is 1. The summed E-state index contributed by atoms with van der Waals surface area (Å²) in [7, 11) is 0. The van der Waals surface area contributed by atoms with Gasteiger partial charge in [-0.25, -0.2) is 4.79 Å². The van der Waals surface area contributed by atoms with Crippen molar-refractivity contribution in [3.63, 3.8) is 0 Å². The Morgan fingerprint density at radius 1 is 1.29 bits per heavy atom. The number of carbonyl (C=O) groups is 3. The molecule has 0 radical (unpaired) electrons. The SMILES string of the molecule is CC1C(=O)NC(=O)N(C2(C)CCOCC2)C1=O. The second kappa shape index (κ2) is 4.10. The number of carbonyl (C=O) groups excluding carboxylic acids is 3. The first-order valence-electron chi connectivity index (χ1n) is 5.72. The molecule has 2 saturated heterocycles. The molecule has 0 spiro atoms. The van der Waals surface area contributed by atoms with E-state index in [2.05, 4.69) is 5.32 Å². The van der Waals surface area contributed by atoms with E-state index >= 15 is 0 Å². The number of amides is 4. The maximum Gasteiger partial charge on any atom is 0.331 e. The van der Waals surface area contributed by atoms with Gasteiger partial charge in [0.25, 0.3) is 0 Å². The molecule has 6 heteroatoms. The third-order valence-corrected chi connectivity index (χ3v) is 3.53. The summed E-state index contributed by atoms with van der Waals surface area (Å²) in [6.45, 7) is 4.42.